The Morgan fingerprint density at radius 1 is 1.14 bits per heavy atom. The molecule has 4 aromatic rings. The smallest absolute Gasteiger partial charge is 0.304 e. The van der Waals surface area contributed by atoms with Crippen molar-refractivity contribution in [3.05, 3.63) is 66.2 Å². The van der Waals surface area contributed by atoms with Gasteiger partial charge in [0.1, 0.15) is 5.56 Å². The number of nitrogens with zero attached hydrogens (tertiary/aromatic N) is 5. The monoisotopic (exact) mass is 386 g/mol. The van der Waals surface area contributed by atoms with Gasteiger partial charge < -0.3 is 5.32 Å². The van der Waals surface area contributed by atoms with Crippen LogP contribution < -0.4 is 5.32 Å². The summed E-state index contributed by atoms with van der Waals surface area (Å²) in [6.45, 7) is 0. The lowest BCUT2D eigenvalue weighted by atomic mass is 10.0. The number of carbonyl (C=O) groups is 1. The normalized spacial score (nSPS) is 11.7. The fraction of sp³-hybridized carbons (Fsp3) is 0.111. The molecule has 10 heteroatoms. The standard InChI is InChI=1S/C18H13F3N6O/c1-26-10-13(11-5-2-3-6-14(11)18(19,20)21)15(25-26)24-17(28)12-9-23-27-8-4-7-22-16(12)27/h2-10H,1H3,(H,24,25,28). The van der Waals surface area contributed by atoms with Gasteiger partial charge in [-0.1, -0.05) is 18.2 Å². The number of rotatable bonds is 3. The highest BCUT2D eigenvalue weighted by molar-refractivity contribution is 6.09. The van der Waals surface area contributed by atoms with Crippen LogP contribution >= 0.6 is 0 Å². The maximum absolute atomic E-state index is 13.4. The van der Waals surface area contributed by atoms with Crippen LogP contribution in [0.2, 0.25) is 0 Å². The molecule has 0 saturated carbocycles. The number of anilines is 1. The number of carbonyl (C=O) groups excluding carboxylic acids is 1. The minimum absolute atomic E-state index is 0.0134. The van der Waals surface area contributed by atoms with Crippen LogP contribution in [0.4, 0.5) is 19.0 Å². The van der Waals surface area contributed by atoms with Crippen molar-refractivity contribution in [2.45, 2.75) is 6.18 Å². The van der Waals surface area contributed by atoms with Crippen LogP contribution in [0.1, 0.15) is 15.9 Å². The van der Waals surface area contributed by atoms with Gasteiger partial charge in [-0.25, -0.2) is 9.50 Å². The lowest BCUT2D eigenvalue weighted by Gasteiger charge is -2.12. The molecule has 3 heterocycles. The van der Waals surface area contributed by atoms with Gasteiger partial charge in [0.25, 0.3) is 5.91 Å². The van der Waals surface area contributed by atoms with Crippen LogP contribution in [0.3, 0.4) is 0 Å². The summed E-state index contributed by atoms with van der Waals surface area (Å²) in [5.41, 5.74) is -0.213. The number of aromatic nitrogens is 5. The molecule has 0 spiro atoms. The number of aryl methyl sites for hydroxylation is 1. The minimum atomic E-state index is -4.54. The average molecular weight is 386 g/mol. The Kier molecular flexibility index (Phi) is 4.10. The second-order valence-corrected chi connectivity index (χ2v) is 6.01. The molecule has 0 bridgehead atoms. The van der Waals surface area contributed by atoms with Gasteiger partial charge in [-0.2, -0.15) is 23.4 Å². The molecule has 1 amide bonds. The Morgan fingerprint density at radius 2 is 1.93 bits per heavy atom. The van der Waals surface area contributed by atoms with Crippen molar-refractivity contribution in [1.29, 1.82) is 0 Å². The summed E-state index contributed by atoms with van der Waals surface area (Å²) >= 11 is 0. The summed E-state index contributed by atoms with van der Waals surface area (Å²) in [5.74, 6) is -0.558. The van der Waals surface area contributed by atoms with Crippen LogP contribution in [0.15, 0.2) is 55.1 Å². The van der Waals surface area contributed by atoms with Crippen molar-refractivity contribution in [3.8, 4) is 11.1 Å². The number of amides is 1. The van der Waals surface area contributed by atoms with E-state index in [1.807, 2.05) is 0 Å². The first-order chi connectivity index (χ1) is 13.3. The van der Waals surface area contributed by atoms with Gasteiger partial charge in [-0.3, -0.25) is 9.48 Å². The Labute approximate surface area is 156 Å². The molecule has 3 aromatic heterocycles. The van der Waals surface area contributed by atoms with E-state index < -0.39 is 17.6 Å². The third-order valence-electron chi connectivity index (χ3n) is 4.11. The molecule has 0 aliphatic carbocycles. The molecule has 0 saturated heterocycles. The highest BCUT2D eigenvalue weighted by atomic mass is 19.4. The van der Waals surface area contributed by atoms with E-state index in [1.54, 1.807) is 19.3 Å². The van der Waals surface area contributed by atoms with Crippen LogP contribution in [0, 0.1) is 0 Å². The Hall–Kier alpha value is -3.69. The molecule has 0 aliphatic rings. The number of benzene rings is 1. The summed E-state index contributed by atoms with van der Waals surface area (Å²) in [6, 6.07) is 6.80. The molecule has 28 heavy (non-hydrogen) atoms. The third kappa shape index (κ3) is 3.08. The summed E-state index contributed by atoms with van der Waals surface area (Å²) < 4.78 is 43.0. The lowest BCUT2D eigenvalue weighted by molar-refractivity contribution is -0.137. The topological polar surface area (TPSA) is 77.1 Å². The van der Waals surface area contributed by atoms with E-state index in [4.69, 9.17) is 0 Å². The van der Waals surface area contributed by atoms with Gasteiger partial charge in [0, 0.05) is 31.2 Å². The minimum Gasteiger partial charge on any atom is -0.304 e. The highest BCUT2D eigenvalue weighted by Gasteiger charge is 2.34. The zero-order valence-electron chi connectivity index (χ0n) is 14.5. The van der Waals surface area contributed by atoms with Gasteiger partial charge in [0.2, 0.25) is 0 Å². The third-order valence-corrected chi connectivity index (χ3v) is 4.11. The van der Waals surface area contributed by atoms with Gasteiger partial charge in [0.15, 0.2) is 11.5 Å². The summed E-state index contributed by atoms with van der Waals surface area (Å²) in [6.07, 6.45) is 1.36. The zero-order chi connectivity index (χ0) is 19.9. The number of hydrogen-bond acceptors (Lipinski definition) is 4. The predicted molar refractivity (Wildman–Crippen MR) is 94.6 cm³/mol. The van der Waals surface area contributed by atoms with E-state index in [1.165, 1.54) is 46.0 Å². The number of hydrogen-bond donors (Lipinski definition) is 1. The molecule has 142 valence electrons. The van der Waals surface area contributed by atoms with Crippen LogP contribution in [-0.2, 0) is 13.2 Å². The van der Waals surface area contributed by atoms with Gasteiger partial charge >= 0.3 is 6.18 Å². The summed E-state index contributed by atoms with van der Waals surface area (Å²) in [4.78, 5) is 16.8. The number of halogens is 3. The van der Waals surface area contributed by atoms with Gasteiger partial charge in [-0.15, -0.1) is 0 Å². The molecule has 0 fully saturated rings. The molecular weight excluding hydrogens is 373 g/mol. The van der Waals surface area contributed by atoms with E-state index in [0.717, 1.165) is 6.07 Å². The SMILES string of the molecule is Cn1cc(-c2ccccc2C(F)(F)F)c(NC(=O)c2cnn3cccnc23)n1. The molecule has 0 unspecified atom stereocenters. The van der Waals surface area contributed by atoms with E-state index in [9.17, 15) is 18.0 Å². The fourth-order valence-corrected chi connectivity index (χ4v) is 2.91. The van der Waals surface area contributed by atoms with Crippen molar-refractivity contribution in [2.75, 3.05) is 5.32 Å². The fourth-order valence-electron chi connectivity index (χ4n) is 2.91. The summed E-state index contributed by atoms with van der Waals surface area (Å²) in [5, 5.41) is 10.7. The number of nitrogens with one attached hydrogen (secondary N) is 1. The second kappa shape index (κ2) is 6.48. The van der Waals surface area contributed by atoms with Crippen molar-refractivity contribution in [1.82, 2.24) is 24.4 Å². The largest absolute Gasteiger partial charge is 0.417 e. The van der Waals surface area contributed by atoms with Gasteiger partial charge in [-0.05, 0) is 17.7 Å². The molecule has 0 atom stereocenters. The maximum Gasteiger partial charge on any atom is 0.417 e. The first-order valence-electron chi connectivity index (χ1n) is 8.14. The first-order valence-corrected chi connectivity index (χ1v) is 8.14. The van der Waals surface area contributed by atoms with Crippen LogP contribution in [-0.4, -0.2) is 30.3 Å². The maximum atomic E-state index is 13.4. The molecule has 1 N–H and O–H groups in total. The van der Waals surface area contributed by atoms with Crippen molar-refractivity contribution >= 4 is 17.4 Å². The molecule has 7 nitrogen and oxygen atoms in total. The van der Waals surface area contributed by atoms with Crippen molar-refractivity contribution < 1.29 is 18.0 Å². The summed E-state index contributed by atoms with van der Waals surface area (Å²) in [7, 11) is 1.56. The van der Waals surface area contributed by atoms with Gasteiger partial charge in [0.05, 0.1) is 11.8 Å². The van der Waals surface area contributed by atoms with E-state index in [0.29, 0.717) is 5.65 Å². The predicted octanol–water partition coefficient (Wildman–Crippen LogP) is 3.40. The van der Waals surface area contributed by atoms with Crippen molar-refractivity contribution in [2.24, 2.45) is 7.05 Å². The highest BCUT2D eigenvalue weighted by Crippen LogP contribution is 2.39. The molecule has 0 aliphatic heterocycles. The molecular formula is C18H13F3N6O. The van der Waals surface area contributed by atoms with Crippen LogP contribution in [0.25, 0.3) is 16.8 Å². The van der Waals surface area contributed by atoms with E-state index in [-0.39, 0.29) is 22.5 Å². The van der Waals surface area contributed by atoms with Crippen LogP contribution in [0.5, 0.6) is 0 Å². The second-order valence-electron chi connectivity index (χ2n) is 6.01. The van der Waals surface area contributed by atoms with E-state index in [2.05, 4.69) is 20.5 Å². The van der Waals surface area contributed by atoms with E-state index >= 15 is 0 Å². The number of fused-ring (bicyclic) bond motifs is 1. The molecule has 1 aromatic carbocycles. The number of alkyl halides is 3. The molecule has 4 rings (SSSR count). The Balaban J connectivity index is 1.75. The lowest BCUT2D eigenvalue weighted by Crippen LogP contribution is -2.14. The zero-order valence-corrected chi connectivity index (χ0v) is 14.5. The Bertz CT molecular complexity index is 1180. The van der Waals surface area contributed by atoms with Crippen molar-refractivity contribution in [3.63, 3.8) is 0 Å². The average Bonchev–Trinajstić information content (AvgIpc) is 3.24. The Morgan fingerprint density at radius 3 is 2.71 bits per heavy atom. The quantitative estimate of drug-likeness (QED) is 0.586. The molecule has 0 radical (unpaired) electrons. The first kappa shape index (κ1) is 17.7.